The highest BCUT2D eigenvalue weighted by atomic mass is 35.5. The predicted octanol–water partition coefficient (Wildman–Crippen LogP) is 3.51. The third-order valence-electron chi connectivity index (χ3n) is 2.76. The molecule has 0 aromatic heterocycles. The van der Waals surface area contributed by atoms with Crippen molar-refractivity contribution in [2.24, 2.45) is 0 Å². The van der Waals surface area contributed by atoms with Crippen molar-refractivity contribution < 1.29 is 22.7 Å². The summed E-state index contributed by atoms with van der Waals surface area (Å²) < 4.78 is 40.1. The molecule has 1 amide bonds. The Morgan fingerprint density at radius 3 is 2.43 bits per heavy atom. The van der Waals surface area contributed by atoms with Crippen LogP contribution in [0.1, 0.15) is 5.56 Å². The van der Waals surface area contributed by atoms with Gasteiger partial charge in [-0.15, -0.1) is 0 Å². The van der Waals surface area contributed by atoms with E-state index in [-0.39, 0.29) is 16.5 Å². The molecule has 23 heavy (non-hydrogen) atoms. The van der Waals surface area contributed by atoms with Crippen molar-refractivity contribution in [1.82, 2.24) is 0 Å². The molecule has 2 aromatic carbocycles. The van der Waals surface area contributed by atoms with Gasteiger partial charge < -0.3 is 5.11 Å². The second kappa shape index (κ2) is 6.84. The number of carboxylic acid groups (broad SMARTS) is 1. The molecule has 0 saturated carbocycles. The highest BCUT2D eigenvalue weighted by molar-refractivity contribution is 7.91. The molecule has 2 rings (SSSR count). The Morgan fingerprint density at radius 1 is 1.17 bits per heavy atom. The topological polar surface area (TPSA) is 95.5 Å². The Bertz CT molecular complexity index is 828. The molecule has 0 bridgehead atoms. The van der Waals surface area contributed by atoms with Crippen LogP contribution in [0.3, 0.4) is 0 Å². The van der Waals surface area contributed by atoms with E-state index in [0.717, 1.165) is 12.1 Å². The van der Waals surface area contributed by atoms with Crippen LogP contribution in [0.4, 0.5) is 20.6 Å². The van der Waals surface area contributed by atoms with Gasteiger partial charge in [0.05, 0.1) is 22.2 Å². The maximum Gasteiger partial charge on any atom is 0.409 e. The van der Waals surface area contributed by atoms with E-state index < -0.39 is 27.6 Å². The SMILES string of the molecule is O=C(O)Nc1cc(NS(=O)(=O)Cc2ccccc2)c(Cl)cc1F. The van der Waals surface area contributed by atoms with Crippen molar-refractivity contribution in [2.75, 3.05) is 10.0 Å². The van der Waals surface area contributed by atoms with E-state index in [1.165, 1.54) is 0 Å². The minimum Gasteiger partial charge on any atom is -0.465 e. The average Bonchev–Trinajstić information content (AvgIpc) is 2.44. The van der Waals surface area contributed by atoms with Gasteiger partial charge in [-0.3, -0.25) is 10.0 Å². The third-order valence-corrected chi connectivity index (χ3v) is 4.32. The molecule has 0 radical (unpaired) electrons. The summed E-state index contributed by atoms with van der Waals surface area (Å²) in [6.45, 7) is 0. The number of benzene rings is 2. The summed E-state index contributed by atoms with van der Waals surface area (Å²) in [7, 11) is -3.80. The van der Waals surface area contributed by atoms with Crippen molar-refractivity contribution in [2.45, 2.75) is 5.75 Å². The van der Waals surface area contributed by atoms with Gasteiger partial charge in [0.25, 0.3) is 0 Å². The van der Waals surface area contributed by atoms with Crippen molar-refractivity contribution in [3.63, 3.8) is 0 Å². The van der Waals surface area contributed by atoms with Crippen LogP contribution in [-0.4, -0.2) is 19.6 Å². The molecule has 6 nitrogen and oxygen atoms in total. The summed E-state index contributed by atoms with van der Waals surface area (Å²) >= 11 is 5.80. The highest BCUT2D eigenvalue weighted by Gasteiger charge is 2.16. The maximum absolute atomic E-state index is 13.6. The van der Waals surface area contributed by atoms with Gasteiger partial charge in [0.1, 0.15) is 5.82 Å². The second-order valence-corrected chi connectivity index (χ2v) is 6.72. The van der Waals surface area contributed by atoms with Crippen molar-refractivity contribution in [1.29, 1.82) is 0 Å². The van der Waals surface area contributed by atoms with Crippen LogP contribution >= 0.6 is 11.6 Å². The lowest BCUT2D eigenvalue weighted by Crippen LogP contribution is -2.16. The van der Waals surface area contributed by atoms with Gasteiger partial charge in [-0.25, -0.2) is 17.6 Å². The number of hydrogen-bond acceptors (Lipinski definition) is 3. The molecule has 0 aliphatic heterocycles. The monoisotopic (exact) mass is 358 g/mol. The number of anilines is 2. The first kappa shape index (κ1) is 17.0. The predicted molar refractivity (Wildman–Crippen MR) is 85.7 cm³/mol. The molecule has 0 heterocycles. The molecule has 0 unspecified atom stereocenters. The Labute approximate surface area is 137 Å². The first-order chi connectivity index (χ1) is 10.8. The lowest BCUT2D eigenvalue weighted by atomic mass is 10.2. The van der Waals surface area contributed by atoms with E-state index in [4.69, 9.17) is 16.7 Å². The van der Waals surface area contributed by atoms with E-state index in [1.54, 1.807) is 30.3 Å². The summed E-state index contributed by atoms with van der Waals surface area (Å²) in [5.74, 6) is -1.22. The summed E-state index contributed by atoms with van der Waals surface area (Å²) in [5, 5.41) is 10.3. The second-order valence-electron chi connectivity index (χ2n) is 4.59. The Hall–Kier alpha value is -2.32. The molecule has 0 aliphatic carbocycles. The molecule has 0 saturated heterocycles. The number of carbonyl (C=O) groups is 1. The van der Waals surface area contributed by atoms with Gasteiger partial charge in [0, 0.05) is 0 Å². The fraction of sp³-hybridized carbons (Fsp3) is 0.0714. The molecule has 3 N–H and O–H groups in total. The number of sulfonamides is 1. The third kappa shape index (κ3) is 4.83. The molecule has 0 aliphatic rings. The largest absolute Gasteiger partial charge is 0.465 e. The zero-order chi connectivity index (χ0) is 17.0. The molecular formula is C14H12ClFN2O4S. The number of rotatable bonds is 5. The number of nitrogens with one attached hydrogen (secondary N) is 2. The minimum absolute atomic E-state index is 0.118. The quantitative estimate of drug-likeness (QED) is 0.762. The van der Waals surface area contributed by atoms with Crippen LogP contribution in [0.2, 0.25) is 5.02 Å². The lowest BCUT2D eigenvalue weighted by Gasteiger charge is -2.12. The Kier molecular flexibility index (Phi) is 5.07. The number of amides is 1. The van der Waals surface area contributed by atoms with Crippen molar-refractivity contribution in [3.8, 4) is 0 Å². The summed E-state index contributed by atoms with van der Waals surface area (Å²) in [6.07, 6.45) is -1.48. The van der Waals surface area contributed by atoms with Gasteiger partial charge in [0.15, 0.2) is 0 Å². The zero-order valence-electron chi connectivity index (χ0n) is 11.6. The van der Waals surface area contributed by atoms with Crippen molar-refractivity contribution in [3.05, 3.63) is 58.9 Å². The highest BCUT2D eigenvalue weighted by Crippen LogP contribution is 2.29. The first-order valence-electron chi connectivity index (χ1n) is 6.30. The van der Waals surface area contributed by atoms with Crippen LogP contribution in [0, 0.1) is 5.82 Å². The fourth-order valence-electron chi connectivity index (χ4n) is 1.84. The minimum atomic E-state index is -3.80. The van der Waals surface area contributed by atoms with Crippen LogP contribution in [-0.2, 0) is 15.8 Å². The zero-order valence-corrected chi connectivity index (χ0v) is 13.2. The number of hydrogen-bond donors (Lipinski definition) is 3. The fourth-order valence-corrected chi connectivity index (χ4v) is 3.30. The van der Waals surface area contributed by atoms with Crippen LogP contribution < -0.4 is 10.0 Å². The normalized spacial score (nSPS) is 11.0. The van der Waals surface area contributed by atoms with Crippen molar-refractivity contribution >= 4 is 39.1 Å². The van der Waals surface area contributed by atoms with Gasteiger partial charge in [0.2, 0.25) is 10.0 Å². The maximum atomic E-state index is 13.6. The molecule has 122 valence electrons. The van der Waals surface area contributed by atoms with E-state index in [0.29, 0.717) is 5.56 Å². The van der Waals surface area contributed by atoms with Crippen LogP contribution in [0.5, 0.6) is 0 Å². The molecule has 0 fully saturated rings. The van der Waals surface area contributed by atoms with E-state index >= 15 is 0 Å². The lowest BCUT2D eigenvalue weighted by molar-refractivity contribution is 0.209. The number of halogens is 2. The Balaban J connectivity index is 2.26. The molecule has 9 heteroatoms. The smallest absolute Gasteiger partial charge is 0.409 e. The Morgan fingerprint density at radius 2 is 1.83 bits per heavy atom. The molecular weight excluding hydrogens is 347 g/mol. The van der Waals surface area contributed by atoms with Gasteiger partial charge in [-0.05, 0) is 17.7 Å². The van der Waals surface area contributed by atoms with Crippen LogP contribution in [0.25, 0.3) is 0 Å². The molecule has 0 atom stereocenters. The summed E-state index contributed by atoms with van der Waals surface area (Å²) in [6, 6.07) is 10.2. The van der Waals surface area contributed by atoms with Crippen LogP contribution in [0.15, 0.2) is 42.5 Å². The van der Waals surface area contributed by atoms with Gasteiger partial charge in [-0.1, -0.05) is 41.9 Å². The first-order valence-corrected chi connectivity index (χ1v) is 8.33. The van der Waals surface area contributed by atoms with E-state index in [9.17, 15) is 17.6 Å². The molecule has 0 spiro atoms. The molecule has 2 aromatic rings. The van der Waals surface area contributed by atoms with Gasteiger partial charge >= 0.3 is 6.09 Å². The standard InChI is InChI=1S/C14H12ClFN2O4S/c15-10-6-11(16)13(17-14(19)20)7-12(10)18-23(21,22)8-9-4-2-1-3-5-9/h1-7,17-18H,8H2,(H,19,20). The van der Waals surface area contributed by atoms with E-state index in [2.05, 4.69) is 4.72 Å². The van der Waals surface area contributed by atoms with E-state index in [1.807, 2.05) is 5.32 Å². The summed E-state index contributed by atoms with van der Waals surface area (Å²) in [5.41, 5.74) is 0.0363. The summed E-state index contributed by atoms with van der Waals surface area (Å²) in [4.78, 5) is 10.6. The van der Waals surface area contributed by atoms with Gasteiger partial charge in [-0.2, -0.15) is 0 Å². The average molecular weight is 359 g/mol.